The molecule has 0 spiro atoms. The van der Waals surface area contributed by atoms with Crippen LogP contribution in [0.5, 0.6) is 0 Å². The molecule has 0 aliphatic heterocycles. The van der Waals surface area contributed by atoms with Gasteiger partial charge in [-0.1, -0.05) is 27.7 Å². The molecule has 0 rings (SSSR count). The van der Waals surface area contributed by atoms with Gasteiger partial charge < -0.3 is 24.8 Å². The molecule has 0 radical (unpaired) electrons. The molecule has 2 unspecified atom stereocenters. The van der Waals surface area contributed by atoms with Crippen LogP contribution >= 0.6 is 0 Å². The Bertz CT molecular complexity index is 317. The summed E-state index contributed by atoms with van der Waals surface area (Å²) >= 11 is 0. The van der Waals surface area contributed by atoms with Gasteiger partial charge in [-0.15, -0.1) is 0 Å². The molecular formula is C17H35FN2O4. The number of ether oxygens (including phenoxy) is 3. The quantitative estimate of drug-likeness (QED) is 0.439. The summed E-state index contributed by atoms with van der Waals surface area (Å²) in [5, 5.41) is 5.80. The standard InChI is InChI=1S/C17H35FN2O4/c1-13(2)17(21)20-10-16(18)12-23-11-15(5)24-9-8-22-7-6-19-14(3)4/h13-16,19H,6-12H2,1-5H3,(H,20,21). The molecule has 0 aromatic heterocycles. The van der Waals surface area contributed by atoms with Gasteiger partial charge in [-0.2, -0.15) is 0 Å². The Labute approximate surface area is 145 Å². The first-order chi connectivity index (χ1) is 11.3. The van der Waals surface area contributed by atoms with E-state index in [1.807, 2.05) is 6.92 Å². The van der Waals surface area contributed by atoms with Crippen molar-refractivity contribution in [2.45, 2.75) is 52.9 Å². The van der Waals surface area contributed by atoms with Crippen molar-refractivity contribution in [1.29, 1.82) is 0 Å². The summed E-state index contributed by atoms with van der Waals surface area (Å²) in [6, 6.07) is 0.458. The first-order valence-electron chi connectivity index (χ1n) is 8.75. The first kappa shape index (κ1) is 23.2. The third-order valence-electron chi connectivity index (χ3n) is 3.10. The van der Waals surface area contributed by atoms with E-state index in [1.54, 1.807) is 13.8 Å². The van der Waals surface area contributed by atoms with Gasteiger partial charge in [-0.05, 0) is 6.92 Å². The van der Waals surface area contributed by atoms with Crippen molar-refractivity contribution < 1.29 is 23.4 Å². The molecule has 24 heavy (non-hydrogen) atoms. The Morgan fingerprint density at radius 2 is 1.71 bits per heavy atom. The molecule has 2 atom stereocenters. The van der Waals surface area contributed by atoms with E-state index >= 15 is 0 Å². The Balaban J connectivity index is 3.45. The average Bonchev–Trinajstić information content (AvgIpc) is 2.51. The SMILES string of the molecule is CC(C)NCCOCCOC(C)COCC(F)CNC(=O)C(C)C. The van der Waals surface area contributed by atoms with E-state index in [-0.39, 0.29) is 31.1 Å². The van der Waals surface area contributed by atoms with E-state index in [2.05, 4.69) is 24.5 Å². The molecule has 0 saturated carbocycles. The topological polar surface area (TPSA) is 68.8 Å². The summed E-state index contributed by atoms with van der Waals surface area (Å²) < 4.78 is 29.8. The first-order valence-corrected chi connectivity index (χ1v) is 8.75. The second kappa shape index (κ2) is 14.6. The molecule has 144 valence electrons. The highest BCUT2D eigenvalue weighted by atomic mass is 19.1. The summed E-state index contributed by atoms with van der Waals surface area (Å²) in [6.07, 6.45) is -1.34. The maximum absolute atomic E-state index is 13.6. The zero-order valence-electron chi connectivity index (χ0n) is 15.8. The molecule has 0 saturated heterocycles. The van der Waals surface area contributed by atoms with Gasteiger partial charge >= 0.3 is 0 Å². The lowest BCUT2D eigenvalue weighted by atomic mass is 10.2. The van der Waals surface area contributed by atoms with Crippen molar-refractivity contribution >= 4 is 5.91 Å². The molecule has 0 heterocycles. The predicted octanol–water partition coefficient (Wildman–Crippen LogP) is 1.53. The van der Waals surface area contributed by atoms with Crippen LogP contribution in [-0.4, -0.2) is 70.3 Å². The Hall–Kier alpha value is -0.760. The smallest absolute Gasteiger partial charge is 0.222 e. The van der Waals surface area contributed by atoms with Gasteiger partial charge in [-0.25, -0.2) is 4.39 Å². The predicted molar refractivity (Wildman–Crippen MR) is 92.9 cm³/mol. The molecule has 0 aromatic carbocycles. The van der Waals surface area contributed by atoms with Gasteiger partial charge in [-0.3, -0.25) is 4.79 Å². The van der Waals surface area contributed by atoms with Gasteiger partial charge in [0.15, 0.2) is 0 Å². The molecule has 2 N–H and O–H groups in total. The summed E-state index contributed by atoms with van der Waals surface area (Å²) in [6.45, 7) is 12.3. The summed E-state index contributed by atoms with van der Waals surface area (Å²) in [5.41, 5.74) is 0. The maximum Gasteiger partial charge on any atom is 0.222 e. The maximum atomic E-state index is 13.6. The van der Waals surface area contributed by atoms with E-state index < -0.39 is 6.17 Å². The number of carbonyl (C=O) groups is 1. The molecule has 0 fully saturated rings. The second-order valence-corrected chi connectivity index (χ2v) is 6.44. The van der Waals surface area contributed by atoms with Crippen LogP contribution in [0.3, 0.4) is 0 Å². The van der Waals surface area contributed by atoms with E-state index in [9.17, 15) is 9.18 Å². The van der Waals surface area contributed by atoms with Crippen molar-refractivity contribution in [1.82, 2.24) is 10.6 Å². The summed E-state index contributed by atoms with van der Waals surface area (Å²) in [4.78, 5) is 11.3. The largest absolute Gasteiger partial charge is 0.378 e. The average molecular weight is 350 g/mol. The number of nitrogens with one attached hydrogen (secondary N) is 2. The molecule has 1 amide bonds. The zero-order chi connectivity index (χ0) is 18.4. The highest BCUT2D eigenvalue weighted by Gasteiger charge is 2.12. The summed E-state index contributed by atoms with van der Waals surface area (Å²) in [7, 11) is 0. The Kier molecular flexibility index (Phi) is 14.1. The van der Waals surface area contributed by atoms with E-state index in [4.69, 9.17) is 14.2 Å². The molecule has 0 aromatic rings. The Morgan fingerprint density at radius 1 is 1.00 bits per heavy atom. The van der Waals surface area contributed by atoms with Crippen LogP contribution in [0.15, 0.2) is 0 Å². The third kappa shape index (κ3) is 14.8. The summed E-state index contributed by atoms with van der Waals surface area (Å²) in [5.74, 6) is -0.298. The number of rotatable bonds is 15. The van der Waals surface area contributed by atoms with Crippen LogP contribution in [0.1, 0.15) is 34.6 Å². The number of amides is 1. The lowest BCUT2D eigenvalue weighted by Crippen LogP contribution is -2.35. The number of alkyl halides is 1. The minimum atomic E-state index is -1.21. The van der Waals surface area contributed by atoms with Gasteiger partial charge in [0.2, 0.25) is 5.91 Å². The normalized spacial score (nSPS) is 14.2. The number of carbonyl (C=O) groups excluding carboxylic acids is 1. The fraction of sp³-hybridized carbons (Fsp3) is 0.941. The molecule has 0 aliphatic rings. The number of hydrogen-bond acceptors (Lipinski definition) is 5. The van der Waals surface area contributed by atoms with Crippen molar-refractivity contribution in [3.63, 3.8) is 0 Å². The van der Waals surface area contributed by atoms with Crippen LogP contribution in [-0.2, 0) is 19.0 Å². The fourth-order valence-electron chi connectivity index (χ4n) is 1.71. The minimum absolute atomic E-state index is 0.0233. The number of halogens is 1. The highest BCUT2D eigenvalue weighted by Crippen LogP contribution is 1.97. The lowest BCUT2D eigenvalue weighted by molar-refractivity contribution is -0.124. The van der Waals surface area contributed by atoms with Gasteiger partial charge in [0.25, 0.3) is 0 Å². The monoisotopic (exact) mass is 350 g/mol. The highest BCUT2D eigenvalue weighted by molar-refractivity contribution is 5.77. The van der Waals surface area contributed by atoms with Crippen LogP contribution in [0, 0.1) is 5.92 Å². The van der Waals surface area contributed by atoms with Gasteiger partial charge in [0, 0.05) is 18.5 Å². The van der Waals surface area contributed by atoms with Gasteiger partial charge in [0.1, 0.15) is 6.17 Å². The molecule has 7 heteroatoms. The minimum Gasteiger partial charge on any atom is -0.378 e. The fourth-order valence-corrected chi connectivity index (χ4v) is 1.71. The Morgan fingerprint density at radius 3 is 2.33 bits per heavy atom. The molecular weight excluding hydrogens is 315 g/mol. The zero-order valence-corrected chi connectivity index (χ0v) is 15.8. The van der Waals surface area contributed by atoms with Crippen LogP contribution in [0.4, 0.5) is 4.39 Å². The lowest BCUT2D eigenvalue weighted by Gasteiger charge is -2.16. The molecule has 0 bridgehead atoms. The number of hydrogen-bond donors (Lipinski definition) is 2. The third-order valence-corrected chi connectivity index (χ3v) is 3.10. The van der Waals surface area contributed by atoms with Crippen molar-refractivity contribution in [2.75, 3.05) is 46.1 Å². The van der Waals surface area contributed by atoms with Gasteiger partial charge in [0.05, 0.1) is 45.7 Å². The van der Waals surface area contributed by atoms with E-state index in [0.717, 1.165) is 6.54 Å². The second-order valence-electron chi connectivity index (χ2n) is 6.44. The van der Waals surface area contributed by atoms with Crippen LogP contribution in [0.2, 0.25) is 0 Å². The van der Waals surface area contributed by atoms with Crippen molar-refractivity contribution in [3.8, 4) is 0 Å². The van der Waals surface area contributed by atoms with Crippen molar-refractivity contribution in [3.05, 3.63) is 0 Å². The van der Waals surface area contributed by atoms with Crippen molar-refractivity contribution in [2.24, 2.45) is 5.92 Å². The van der Waals surface area contributed by atoms with Crippen LogP contribution in [0.25, 0.3) is 0 Å². The van der Waals surface area contributed by atoms with Crippen LogP contribution < -0.4 is 10.6 Å². The molecule has 0 aliphatic carbocycles. The molecule has 6 nitrogen and oxygen atoms in total. The van der Waals surface area contributed by atoms with E-state index in [1.165, 1.54) is 0 Å². The van der Waals surface area contributed by atoms with E-state index in [0.29, 0.717) is 32.5 Å².